The normalized spacial score (nSPS) is 29.8. The number of allylic oxidation sites excluding steroid dienone is 4. The second kappa shape index (κ2) is 18.4. The molecule has 4 rings (SSSR count). The van der Waals surface area contributed by atoms with Crippen LogP contribution in [0.25, 0.3) is 0 Å². The van der Waals surface area contributed by atoms with Crippen molar-refractivity contribution in [2.24, 2.45) is 57.2 Å². The number of carbonyl (C=O) groups is 2. The summed E-state index contributed by atoms with van der Waals surface area (Å²) in [5.74, 6) is 2.74. The smallest absolute Gasteiger partial charge is 0.302 e. The minimum atomic E-state index is -0.191. The first-order valence-electron chi connectivity index (χ1n) is 16.7. The maximum Gasteiger partial charge on any atom is 0.302 e. The van der Waals surface area contributed by atoms with Gasteiger partial charge in [-0.2, -0.15) is 0 Å². The first kappa shape index (κ1) is 43.8. The van der Waals surface area contributed by atoms with Crippen molar-refractivity contribution in [2.75, 3.05) is 33.5 Å². The van der Waals surface area contributed by atoms with Crippen molar-refractivity contribution in [3.05, 3.63) is 49.6 Å². The number of ether oxygens (including phenoxy) is 2. The molecule has 0 aromatic carbocycles. The van der Waals surface area contributed by atoms with Crippen LogP contribution in [0.3, 0.4) is 0 Å². The number of carbonyl (C=O) groups excluding carboxylic acids is 2. The van der Waals surface area contributed by atoms with Crippen LogP contribution in [-0.4, -0.2) is 60.8 Å². The molecular weight excluding hydrogens is 580 g/mol. The molecule has 3 N–H and O–H groups in total. The van der Waals surface area contributed by atoms with E-state index < -0.39 is 0 Å². The first-order chi connectivity index (χ1) is 21.1. The highest BCUT2D eigenvalue weighted by atomic mass is 16.5. The lowest BCUT2D eigenvalue weighted by atomic mass is 9.55. The predicted octanol–water partition coefficient (Wildman–Crippen LogP) is 7.57. The maximum atomic E-state index is 10.6. The molecule has 46 heavy (non-hydrogen) atoms. The van der Waals surface area contributed by atoms with E-state index in [9.17, 15) is 9.59 Å². The van der Waals surface area contributed by atoms with E-state index in [1.54, 1.807) is 0 Å². The van der Waals surface area contributed by atoms with E-state index in [-0.39, 0.29) is 33.6 Å². The van der Waals surface area contributed by atoms with E-state index in [1.165, 1.54) is 25.0 Å². The lowest BCUT2D eigenvalue weighted by Gasteiger charge is -2.50. The van der Waals surface area contributed by atoms with Gasteiger partial charge in [-0.15, -0.1) is 13.2 Å². The Morgan fingerprint density at radius 2 is 1.00 bits per heavy atom. The molecule has 266 valence electrons. The summed E-state index contributed by atoms with van der Waals surface area (Å²) in [5.41, 5.74) is 3.44. The molecule has 0 amide bonds. The summed E-state index contributed by atoms with van der Waals surface area (Å²) in [6.07, 6.45) is 8.25. The summed E-state index contributed by atoms with van der Waals surface area (Å²) in [4.78, 5) is 21.1. The van der Waals surface area contributed by atoms with E-state index in [2.05, 4.69) is 81.7 Å². The fourth-order valence-electron chi connectivity index (χ4n) is 6.45. The zero-order valence-corrected chi connectivity index (χ0v) is 31.1. The second-order valence-corrected chi connectivity index (χ2v) is 15.6. The van der Waals surface area contributed by atoms with E-state index in [1.807, 2.05) is 12.2 Å². The molecule has 4 saturated carbocycles. The molecule has 6 atom stereocenters. The number of rotatable bonds is 8. The Labute approximate surface area is 281 Å². The molecule has 0 aromatic heterocycles. The van der Waals surface area contributed by atoms with Crippen molar-refractivity contribution in [1.82, 2.24) is 0 Å². The minimum Gasteiger partial charge on any atom is -0.466 e. The average molecular weight is 649 g/mol. The average Bonchev–Trinajstić information content (AvgIpc) is 2.98. The van der Waals surface area contributed by atoms with Crippen LogP contribution in [0.5, 0.6) is 0 Å². The Hall–Kier alpha value is -2.22. The zero-order chi connectivity index (χ0) is 36.3. The summed E-state index contributed by atoms with van der Waals surface area (Å²) in [6.45, 7) is 37.4. The summed E-state index contributed by atoms with van der Waals surface area (Å²) in [6, 6.07) is 0. The van der Waals surface area contributed by atoms with Gasteiger partial charge in [0.1, 0.15) is 0 Å². The molecule has 6 unspecified atom stereocenters. The van der Waals surface area contributed by atoms with Crippen molar-refractivity contribution in [1.29, 1.82) is 0 Å². The molecule has 7 nitrogen and oxygen atoms in total. The highest BCUT2D eigenvalue weighted by Gasteiger charge is 2.47. The topological polar surface area (TPSA) is 113 Å². The van der Waals surface area contributed by atoms with Crippen LogP contribution in [0.15, 0.2) is 49.6 Å². The fraction of sp³-hybridized carbons (Fsp3) is 0.744. The zero-order valence-electron chi connectivity index (χ0n) is 31.1. The standard InChI is InChI=1S/C11H18O2.C10H16O2.C9H16O.C8H14O.CH4O/c1-5-9-6-10(11(9,3)4)7-13-8(2)12;1-7-5-9(10(7,3)4)6-12-8(2)11;1-4-7-5-8(6-10)9(7,2)3;1-6-4-7(5-9)8(6,2)3;1-2/h5,9-10H,1,6-7H2,2-4H3;9H,1,5-6H2,2-4H3;4,7-8,10H,1,5-6H2,2-3H3;7,9H,1,4-5H2,2-3H3;2H,1H3. The quantitative estimate of drug-likeness (QED) is 0.184. The second-order valence-electron chi connectivity index (χ2n) is 15.6. The molecule has 4 aliphatic rings. The van der Waals surface area contributed by atoms with Crippen LogP contribution in [0, 0.1) is 57.2 Å². The SMILES string of the molecule is C=C1CC(CO)C1(C)C.C=C1CC(COC(C)=O)C1(C)C.C=CC1CC(CO)C1(C)C.C=CC1CC(COC(C)=O)C1(C)C.CO. The molecule has 4 aliphatic carbocycles. The molecule has 0 bridgehead atoms. The molecule has 0 spiro atoms. The van der Waals surface area contributed by atoms with Crippen molar-refractivity contribution in [3.8, 4) is 0 Å². The predicted molar refractivity (Wildman–Crippen MR) is 189 cm³/mol. The van der Waals surface area contributed by atoms with Crippen LogP contribution in [0.2, 0.25) is 0 Å². The van der Waals surface area contributed by atoms with Gasteiger partial charge in [-0.1, -0.05) is 91.8 Å². The summed E-state index contributed by atoms with van der Waals surface area (Å²) in [5, 5.41) is 24.7. The first-order valence-corrected chi connectivity index (χ1v) is 16.7. The van der Waals surface area contributed by atoms with Crippen molar-refractivity contribution < 1.29 is 34.4 Å². The van der Waals surface area contributed by atoms with Gasteiger partial charge in [-0.25, -0.2) is 0 Å². The highest BCUT2D eigenvalue weighted by Crippen LogP contribution is 2.53. The summed E-state index contributed by atoms with van der Waals surface area (Å²) in [7, 11) is 1.00. The van der Waals surface area contributed by atoms with Crippen molar-refractivity contribution in [3.63, 3.8) is 0 Å². The Balaban J connectivity index is 0.000000581. The molecule has 0 aliphatic heterocycles. The Morgan fingerprint density at radius 1 is 0.674 bits per heavy atom. The minimum absolute atomic E-state index is 0.162. The van der Waals surface area contributed by atoms with Crippen molar-refractivity contribution in [2.45, 2.75) is 94.9 Å². The van der Waals surface area contributed by atoms with Crippen molar-refractivity contribution >= 4 is 11.9 Å². The molecule has 0 saturated heterocycles. The molecule has 7 heteroatoms. The monoisotopic (exact) mass is 648 g/mol. The van der Waals surface area contributed by atoms with Gasteiger partial charge < -0.3 is 24.8 Å². The van der Waals surface area contributed by atoms with E-state index >= 15 is 0 Å². The number of esters is 2. The molecular formula is C39H68O7. The van der Waals surface area contributed by atoms with Gasteiger partial charge in [0.25, 0.3) is 0 Å². The third-order valence-electron chi connectivity index (χ3n) is 11.9. The fourth-order valence-corrected chi connectivity index (χ4v) is 6.45. The Bertz CT molecular complexity index is 1030. The number of hydrogen-bond acceptors (Lipinski definition) is 7. The molecule has 4 fully saturated rings. The van der Waals surface area contributed by atoms with Crippen LogP contribution < -0.4 is 0 Å². The lowest BCUT2D eigenvalue weighted by Crippen LogP contribution is -2.46. The number of hydrogen-bond donors (Lipinski definition) is 3. The highest BCUT2D eigenvalue weighted by molar-refractivity contribution is 5.66. The van der Waals surface area contributed by atoms with Crippen LogP contribution in [0.1, 0.15) is 94.9 Å². The van der Waals surface area contributed by atoms with Gasteiger partial charge in [0.05, 0.1) is 13.2 Å². The van der Waals surface area contributed by atoms with Gasteiger partial charge in [0, 0.05) is 40.1 Å². The number of aliphatic hydroxyl groups excluding tert-OH is 3. The van der Waals surface area contributed by atoms with Gasteiger partial charge >= 0.3 is 11.9 Å². The van der Waals surface area contributed by atoms with E-state index in [0.29, 0.717) is 61.9 Å². The lowest BCUT2D eigenvalue weighted by molar-refractivity contribution is -0.148. The van der Waals surface area contributed by atoms with Gasteiger partial charge in [-0.3, -0.25) is 9.59 Å². The summed E-state index contributed by atoms with van der Waals surface area (Å²) >= 11 is 0. The van der Waals surface area contributed by atoms with Gasteiger partial charge in [-0.05, 0) is 76.9 Å². The van der Waals surface area contributed by atoms with E-state index in [4.69, 9.17) is 24.8 Å². The Morgan fingerprint density at radius 3 is 1.24 bits per heavy atom. The third-order valence-corrected chi connectivity index (χ3v) is 11.9. The molecule has 0 heterocycles. The summed E-state index contributed by atoms with van der Waals surface area (Å²) < 4.78 is 9.95. The largest absolute Gasteiger partial charge is 0.466 e. The van der Waals surface area contributed by atoms with Crippen LogP contribution >= 0.6 is 0 Å². The van der Waals surface area contributed by atoms with Gasteiger partial charge in [0.15, 0.2) is 0 Å². The van der Waals surface area contributed by atoms with E-state index in [0.717, 1.165) is 32.8 Å². The van der Waals surface area contributed by atoms with Crippen LogP contribution in [0.4, 0.5) is 0 Å². The Kier molecular flexibility index (Phi) is 17.5. The number of aliphatic hydroxyl groups is 3. The molecule has 0 aromatic rings. The molecule has 0 radical (unpaired) electrons. The maximum absolute atomic E-state index is 10.6. The third kappa shape index (κ3) is 10.9. The van der Waals surface area contributed by atoms with Gasteiger partial charge in [0.2, 0.25) is 0 Å². The van der Waals surface area contributed by atoms with Crippen LogP contribution in [-0.2, 0) is 19.1 Å².